The van der Waals surface area contributed by atoms with E-state index >= 15 is 4.39 Å². The van der Waals surface area contributed by atoms with E-state index in [1.165, 1.54) is 18.5 Å². The smallest absolute Gasteiger partial charge is 0.275 e. The molecule has 166 valence electrons. The fraction of sp³-hybridized carbons (Fsp3) is 0.364. The summed E-state index contributed by atoms with van der Waals surface area (Å²) in [5.74, 6) is -1.80. The summed E-state index contributed by atoms with van der Waals surface area (Å²) in [6, 6.07) is 6.03. The Hall–Kier alpha value is -2.36. The normalized spacial score (nSPS) is 11.8. The minimum atomic E-state index is -0.665. The SMILES string of the molecule is Cn1cnc2c(F)c(Cc3ccc(Br)cc3F)c(C(=O)NOCCOC(C)(C)C)cc21. The van der Waals surface area contributed by atoms with Crippen LogP contribution in [-0.2, 0) is 23.0 Å². The van der Waals surface area contributed by atoms with Crippen LogP contribution in [0.25, 0.3) is 11.0 Å². The van der Waals surface area contributed by atoms with Crippen LogP contribution in [0.3, 0.4) is 0 Å². The lowest BCUT2D eigenvalue weighted by Crippen LogP contribution is -2.29. The number of hydroxylamine groups is 1. The molecule has 0 radical (unpaired) electrons. The number of amides is 1. The van der Waals surface area contributed by atoms with Crippen molar-refractivity contribution in [1.82, 2.24) is 15.0 Å². The molecule has 31 heavy (non-hydrogen) atoms. The zero-order valence-electron chi connectivity index (χ0n) is 17.8. The Balaban J connectivity index is 1.88. The molecule has 3 aromatic rings. The first kappa shape index (κ1) is 23.3. The van der Waals surface area contributed by atoms with Crippen LogP contribution in [0, 0.1) is 11.6 Å². The number of rotatable bonds is 7. The van der Waals surface area contributed by atoms with E-state index in [0.717, 1.165) is 0 Å². The number of hydrogen-bond donors (Lipinski definition) is 1. The molecule has 0 atom stereocenters. The van der Waals surface area contributed by atoms with Crippen molar-refractivity contribution in [2.45, 2.75) is 32.8 Å². The fourth-order valence-corrected chi connectivity index (χ4v) is 3.39. The fourth-order valence-electron chi connectivity index (χ4n) is 3.06. The van der Waals surface area contributed by atoms with Crippen molar-refractivity contribution >= 4 is 32.9 Å². The number of imidazole rings is 1. The Morgan fingerprint density at radius 3 is 2.65 bits per heavy atom. The van der Waals surface area contributed by atoms with Gasteiger partial charge in [0.25, 0.3) is 5.91 Å². The van der Waals surface area contributed by atoms with Gasteiger partial charge >= 0.3 is 0 Å². The molecule has 0 spiro atoms. The maximum absolute atomic E-state index is 15.3. The number of carbonyl (C=O) groups is 1. The second-order valence-corrected chi connectivity index (χ2v) is 9.01. The number of hydrogen-bond acceptors (Lipinski definition) is 4. The molecule has 0 bridgehead atoms. The molecule has 9 heteroatoms. The van der Waals surface area contributed by atoms with Gasteiger partial charge in [0.05, 0.1) is 36.2 Å². The Bertz CT molecular complexity index is 1110. The van der Waals surface area contributed by atoms with Crippen LogP contribution in [0.1, 0.15) is 42.3 Å². The number of benzene rings is 2. The monoisotopic (exact) mass is 495 g/mol. The van der Waals surface area contributed by atoms with Crippen LogP contribution in [0.2, 0.25) is 0 Å². The van der Waals surface area contributed by atoms with E-state index in [4.69, 9.17) is 9.57 Å². The van der Waals surface area contributed by atoms with Crippen molar-refractivity contribution in [3.05, 3.63) is 63.4 Å². The molecule has 1 heterocycles. The number of nitrogens with zero attached hydrogens (tertiary/aromatic N) is 2. The van der Waals surface area contributed by atoms with Crippen molar-refractivity contribution in [3.8, 4) is 0 Å². The zero-order valence-corrected chi connectivity index (χ0v) is 19.3. The standard InChI is InChI=1S/C22H24BrF2N3O3/c1-22(2,3)30-7-8-31-27-21(29)16-11-18-20(26-12-28(18)4)19(25)15(16)9-13-5-6-14(23)10-17(13)24/h5-6,10-12H,7-9H2,1-4H3,(H,27,29). The number of halogens is 3. The van der Waals surface area contributed by atoms with Crippen molar-refractivity contribution < 1.29 is 23.1 Å². The Kier molecular flexibility index (Phi) is 7.08. The van der Waals surface area contributed by atoms with Crippen LogP contribution in [0.15, 0.2) is 35.1 Å². The predicted octanol–water partition coefficient (Wildman–Crippen LogP) is 4.68. The van der Waals surface area contributed by atoms with E-state index < -0.39 is 17.5 Å². The summed E-state index contributed by atoms with van der Waals surface area (Å²) in [5, 5.41) is 0. The quantitative estimate of drug-likeness (QED) is 0.381. The van der Waals surface area contributed by atoms with Gasteiger partial charge in [0, 0.05) is 23.5 Å². The van der Waals surface area contributed by atoms with Gasteiger partial charge in [-0.15, -0.1) is 0 Å². The molecule has 0 aliphatic heterocycles. The molecule has 1 amide bonds. The maximum atomic E-state index is 15.3. The predicted molar refractivity (Wildman–Crippen MR) is 117 cm³/mol. The minimum Gasteiger partial charge on any atom is -0.373 e. The zero-order chi connectivity index (χ0) is 22.8. The summed E-state index contributed by atoms with van der Waals surface area (Å²) in [7, 11) is 1.70. The first-order valence-electron chi connectivity index (χ1n) is 9.69. The van der Waals surface area contributed by atoms with Crippen LogP contribution in [-0.4, -0.2) is 34.3 Å². The molecule has 0 saturated heterocycles. The van der Waals surface area contributed by atoms with E-state index in [1.807, 2.05) is 20.8 Å². The lowest BCUT2D eigenvalue weighted by Gasteiger charge is -2.19. The largest absolute Gasteiger partial charge is 0.373 e. The number of aromatic nitrogens is 2. The van der Waals surface area contributed by atoms with Gasteiger partial charge in [-0.2, -0.15) is 0 Å². The third kappa shape index (κ3) is 5.66. The number of aryl methyl sites for hydroxylation is 1. The number of carbonyl (C=O) groups excluding carboxylic acids is 1. The topological polar surface area (TPSA) is 65.4 Å². The van der Waals surface area contributed by atoms with E-state index in [2.05, 4.69) is 26.4 Å². The lowest BCUT2D eigenvalue weighted by atomic mass is 9.97. The van der Waals surface area contributed by atoms with Gasteiger partial charge in [0.2, 0.25) is 0 Å². The van der Waals surface area contributed by atoms with E-state index in [-0.39, 0.29) is 47.4 Å². The van der Waals surface area contributed by atoms with Gasteiger partial charge in [-0.25, -0.2) is 19.2 Å². The molecule has 0 aliphatic carbocycles. The Morgan fingerprint density at radius 1 is 1.23 bits per heavy atom. The van der Waals surface area contributed by atoms with E-state index in [0.29, 0.717) is 9.99 Å². The van der Waals surface area contributed by atoms with E-state index in [9.17, 15) is 9.18 Å². The van der Waals surface area contributed by atoms with Crippen LogP contribution >= 0.6 is 15.9 Å². The van der Waals surface area contributed by atoms with Crippen molar-refractivity contribution in [1.29, 1.82) is 0 Å². The lowest BCUT2D eigenvalue weighted by molar-refractivity contribution is -0.0511. The highest BCUT2D eigenvalue weighted by atomic mass is 79.9. The number of fused-ring (bicyclic) bond motifs is 1. The van der Waals surface area contributed by atoms with Crippen LogP contribution in [0.4, 0.5) is 8.78 Å². The highest BCUT2D eigenvalue weighted by Gasteiger charge is 2.22. The van der Waals surface area contributed by atoms with Gasteiger partial charge in [-0.05, 0) is 44.5 Å². The molecule has 1 N–H and O–H groups in total. The van der Waals surface area contributed by atoms with Crippen molar-refractivity contribution in [2.24, 2.45) is 7.05 Å². The highest BCUT2D eigenvalue weighted by Crippen LogP contribution is 2.27. The van der Waals surface area contributed by atoms with Crippen molar-refractivity contribution in [2.75, 3.05) is 13.2 Å². The summed E-state index contributed by atoms with van der Waals surface area (Å²) in [4.78, 5) is 22.1. The molecule has 0 saturated carbocycles. The first-order valence-corrected chi connectivity index (χ1v) is 10.5. The molecule has 2 aromatic carbocycles. The highest BCUT2D eigenvalue weighted by molar-refractivity contribution is 9.10. The van der Waals surface area contributed by atoms with Crippen molar-refractivity contribution in [3.63, 3.8) is 0 Å². The van der Waals surface area contributed by atoms with Gasteiger partial charge in [0.15, 0.2) is 5.82 Å². The molecule has 0 unspecified atom stereocenters. The summed E-state index contributed by atoms with van der Waals surface area (Å²) < 4.78 is 37.4. The van der Waals surface area contributed by atoms with Crippen LogP contribution < -0.4 is 5.48 Å². The summed E-state index contributed by atoms with van der Waals surface area (Å²) in [6.07, 6.45) is 1.34. The molecular formula is C22H24BrF2N3O3. The van der Waals surface area contributed by atoms with Gasteiger partial charge in [0.1, 0.15) is 11.3 Å². The number of nitrogens with one attached hydrogen (secondary N) is 1. The second kappa shape index (κ2) is 9.42. The molecule has 6 nitrogen and oxygen atoms in total. The molecule has 0 fully saturated rings. The second-order valence-electron chi connectivity index (χ2n) is 8.09. The maximum Gasteiger partial charge on any atom is 0.275 e. The summed E-state index contributed by atoms with van der Waals surface area (Å²) >= 11 is 3.20. The van der Waals surface area contributed by atoms with Crippen LogP contribution in [0.5, 0.6) is 0 Å². The summed E-state index contributed by atoms with van der Waals surface area (Å²) in [6.45, 7) is 6.12. The summed E-state index contributed by atoms with van der Waals surface area (Å²) in [5.41, 5.74) is 2.90. The van der Waals surface area contributed by atoms with Gasteiger partial charge in [-0.3, -0.25) is 9.63 Å². The molecular weight excluding hydrogens is 472 g/mol. The third-order valence-electron chi connectivity index (χ3n) is 4.57. The van der Waals surface area contributed by atoms with Gasteiger partial charge in [-0.1, -0.05) is 22.0 Å². The Labute approximate surface area is 187 Å². The molecule has 1 aromatic heterocycles. The average molecular weight is 496 g/mol. The van der Waals surface area contributed by atoms with Gasteiger partial charge < -0.3 is 9.30 Å². The number of ether oxygens (including phenoxy) is 1. The first-order chi connectivity index (χ1) is 14.6. The average Bonchev–Trinajstić information content (AvgIpc) is 3.05. The minimum absolute atomic E-state index is 0.0412. The molecule has 0 aliphatic rings. The third-order valence-corrected chi connectivity index (χ3v) is 5.07. The molecule has 3 rings (SSSR count). The van der Waals surface area contributed by atoms with E-state index in [1.54, 1.807) is 23.7 Å². The Morgan fingerprint density at radius 2 is 1.97 bits per heavy atom.